The fraction of sp³-hybridized carbons (Fsp3) is 0.412. The normalized spacial score (nSPS) is 17.8. The molecule has 1 aliphatic rings. The van der Waals surface area contributed by atoms with Crippen LogP contribution < -0.4 is 10.2 Å². The Hall–Kier alpha value is -2.50. The van der Waals surface area contributed by atoms with Gasteiger partial charge in [-0.25, -0.2) is 9.97 Å². The number of rotatable bonds is 4. The second-order valence-electron chi connectivity index (χ2n) is 5.86. The van der Waals surface area contributed by atoms with Gasteiger partial charge in [-0.15, -0.1) is 0 Å². The zero-order chi connectivity index (χ0) is 16.1. The van der Waals surface area contributed by atoms with Gasteiger partial charge < -0.3 is 10.2 Å². The molecule has 1 atom stereocenters. The van der Waals surface area contributed by atoms with E-state index >= 15 is 0 Å². The lowest BCUT2D eigenvalue weighted by Crippen LogP contribution is -2.43. The number of pyridine rings is 1. The van der Waals surface area contributed by atoms with E-state index in [9.17, 15) is 4.79 Å². The van der Waals surface area contributed by atoms with E-state index in [0.717, 1.165) is 36.6 Å². The lowest BCUT2D eigenvalue weighted by Gasteiger charge is -2.32. The average molecular weight is 311 g/mol. The predicted molar refractivity (Wildman–Crippen MR) is 87.8 cm³/mol. The molecule has 2 aromatic rings. The number of nitrogens with one attached hydrogen (secondary N) is 1. The summed E-state index contributed by atoms with van der Waals surface area (Å²) in [7, 11) is 0. The van der Waals surface area contributed by atoms with Crippen molar-refractivity contribution in [1.82, 2.24) is 20.3 Å². The highest BCUT2D eigenvalue weighted by atomic mass is 16.1. The van der Waals surface area contributed by atoms with Crippen molar-refractivity contribution in [1.29, 1.82) is 0 Å². The van der Waals surface area contributed by atoms with Crippen LogP contribution in [0.5, 0.6) is 0 Å². The molecule has 6 nitrogen and oxygen atoms in total. The van der Waals surface area contributed by atoms with Crippen LogP contribution in [0, 0.1) is 12.8 Å². The zero-order valence-corrected chi connectivity index (χ0v) is 13.3. The number of amides is 1. The quantitative estimate of drug-likeness (QED) is 0.931. The molecule has 0 unspecified atom stereocenters. The number of carbonyl (C=O) groups excluding carboxylic acids is 1. The number of hydrogen-bond donors (Lipinski definition) is 1. The Balaban J connectivity index is 1.58. The SMILES string of the molecule is Cc1ccnc(N2CCC[C@H](C(=O)NCc3cccnc3)C2)n1. The lowest BCUT2D eigenvalue weighted by molar-refractivity contribution is -0.125. The molecule has 23 heavy (non-hydrogen) atoms. The number of piperidine rings is 1. The summed E-state index contributed by atoms with van der Waals surface area (Å²) in [5.74, 6) is 0.783. The molecule has 0 spiro atoms. The minimum Gasteiger partial charge on any atom is -0.352 e. The number of nitrogens with zero attached hydrogens (tertiary/aromatic N) is 4. The summed E-state index contributed by atoms with van der Waals surface area (Å²) in [6.07, 6.45) is 7.15. The van der Waals surface area contributed by atoms with E-state index in [4.69, 9.17) is 0 Å². The Kier molecular flexibility index (Phi) is 4.80. The summed E-state index contributed by atoms with van der Waals surface area (Å²) in [6.45, 7) is 4.04. The molecule has 0 aliphatic carbocycles. The van der Waals surface area contributed by atoms with Crippen LogP contribution in [-0.2, 0) is 11.3 Å². The van der Waals surface area contributed by atoms with E-state index in [-0.39, 0.29) is 11.8 Å². The van der Waals surface area contributed by atoms with E-state index in [1.54, 1.807) is 18.6 Å². The largest absolute Gasteiger partial charge is 0.352 e. The smallest absolute Gasteiger partial charge is 0.225 e. The van der Waals surface area contributed by atoms with Gasteiger partial charge in [0, 0.05) is 43.9 Å². The first-order valence-electron chi connectivity index (χ1n) is 7.93. The third-order valence-corrected chi connectivity index (χ3v) is 4.05. The molecule has 3 heterocycles. The van der Waals surface area contributed by atoms with Gasteiger partial charge in [-0.05, 0) is 37.5 Å². The van der Waals surface area contributed by atoms with Crippen LogP contribution in [-0.4, -0.2) is 33.9 Å². The van der Waals surface area contributed by atoms with Gasteiger partial charge in [-0.3, -0.25) is 9.78 Å². The second kappa shape index (κ2) is 7.17. The molecule has 0 aromatic carbocycles. The van der Waals surface area contributed by atoms with E-state index in [2.05, 4.69) is 25.2 Å². The maximum absolute atomic E-state index is 12.4. The summed E-state index contributed by atoms with van der Waals surface area (Å²) in [4.78, 5) is 27.4. The highest BCUT2D eigenvalue weighted by Crippen LogP contribution is 2.20. The van der Waals surface area contributed by atoms with Crippen molar-refractivity contribution in [3.63, 3.8) is 0 Å². The van der Waals surface area contributed by atoms with Crippen molar-refractivity contribution in [2.45, 2.75) is 26.3 Å². The van der Waals surface area contributed by atoms with Crippen molar-refractivity contribution >= 4 is 11.9 Å². The van der Waals surface area contributed by atoms with Crippen LogP contribution in [0.25, 0.3) is 0 Å². The standard InChI is InChI=1S/C17H21N5O/c1-13-6-8-19-17(21-13)22-9-3-5-15(12-22)16(23)20-11-14-4-2-7-18-10-14/h2,4,6-8,10,15H,3,5,9,11-12H2,1H3,(H,20,23)/t15-/m0/s1. The Morgan fingerprint density at radius 3 is 3.09 bits per heavy atom. The molecule has 1 saturated heterocycles. The van der Waals surface area contributed by atoms with Crippen molar-refractivity contribution in [3.05, 3.63) is 48.0 Å². The third kappa shape index (κ3) is 4.03. The monoisotopic (exact) mass is 311 g/mol. The van der Waals surface area contributed by atoms with Crippen molar-refractivity contribution in [2.24, 2.45) is 5.92 Å². The molecule has 1 aliphatic heterocycles. The van der Waals surface area contributed by atoms with Crippen molar-refractivity contribution in [2.75, 3.05) is 18.0 Å². The number of carbonyl (C=O) groups is 1. The molecule has 2 aromatic heterocycles. The first kappa shape index (κ1) is 15.4. The van der Waals surface area contributed by atoms with Crippen LogP contribution >= 0.6 is 0 Å². The van der Waals surface area contributed by atoms with Gasteiger partial charge in [-0.1, -0.05) is 6.07 Å². The van der Waals surface area contributed by atoms with Gasteiger partial charge in [0.1, 0.15) is 0 Å². The van der Waals surface area contributed by atoms with Crippen LogP contribution in [0.3, 0.4) is 0 Å². The maximum atomic E-state index is 12.4. The number of hydrogen-bond acceptors (Lipinski definition) is 5. The highest BCUT2D eigenvalue weighted by Gasteiger charge is 2.26. The predicted octanol–water partition coefficient (Wildman–Crippen LogP) is 1.71. The van der Waals surface area contributed by atoms with E-state index < -0.39 is 0 Å². The summed E-state index contributed by atoms with van der Waals surface area (Å²) >= 11 is 0. The molecule has 120 valence electrons. The minimum absolute atomic E-state index is 0.0236. The minimum atomic E-state index is -0.0236. The average Bonchev–Trinajstić information content (AvgIpc) is 2.61. The van der Waals surface area contributed by atoms with E-state index in [1.165, 1.54) is 0 Å². The molecule has 1 N–H and O–H groups in total. The van der Waals surface area contributed by atoms with Crippen LogP contribution in [0.2, 0.25) is 0 Å². The highest BCUT2D eigenvalue weighted by molar-refractivity contribution is 5.79. The second-order valence-corrected chi connectivity index (χ2v) is 5.86. The lowest BCUT2D eigenvalue weighted by atomic mass is 9.97. The molecular weight excluding hydrogens is 290 g/mol. The van der Waals surface area contributed by atoms with Crippen molar-refractivity contribution in [3.8, 4) is 0 Å². The van der Waals surface area contributed by atoms with E-state index in [1.807, 2.05) is 25.1 Å². The number of aromatic nitrogens is 3. The summed E-state index contributed by atoms with van der Waals surface area (Å²) in [6, 6.07) is 5.71. The summed E-state index contributed by atoms with van der Waals surface area (Å²) in [5.41, 5.74) is 1.95. The topological polar surface area (TPSA) is 71.0 Å². The van der Waals surface area contributed by atoms with Crippen LogP contribution in [0.1, 0.15) is 24.1 Å². The number of aryl methyl sites for hydroxylation is 1. The van der Waals surface area contributed by atoms with Crippen LogP contribution in [0.4, 0.5) is 5.95 Å². The van der Waals surface area contributed by atoms with Crippen LogP contribution in [0.15, 0.2) is 36.8 Å². The van der Waals surface area contributed by atoms with E-state index in [0.29, 0.717) is 13.1 Å². The fourth-order valence-corrected chi connectivity index (χ4v) is 2.80. The van der Waals surface area contributed by atoms with Gasteiger partial charge in [0.15, 0.2) is 0 Å². The van der Waals surface area contributed by atoms with Gasteiger partial charge in [0.2, 0.25) is 11.9 Å². The Labute approximate surface area is 136 Å². The Morgan fingerprint density at radius 2 is 2.30 bits per heavy atom. The summed E-state index contributed by atoms with van der Waals surface area (Å²) < 4.78 is 0. The molecule has 0 saturated carbocycles. The zero-order valence-electron chi connectivity index (χ0n) is 13.3. The van der Waals surface area contributed by atoms with Gasteiger partial charge in [-0.2, -0.15) is 0 Å². The maximum Gasteiger partial charge on any atom is 0.225 e. The molecular formula is C17H21N5O. The third-order valence-electron chi connectivity index (χ3n) is 4.05. The summed E-state index contributed by atoms with van der Waals surface area (Å²) in [5, 5.41) is 3.01. The van der Waals surface area contributed by atoms with Crippen molar-refractivity contribution < 1.29 is 4.79 Å². The molecule has 0 radical (unpaired) electrons. The van der Waals surface area contributed by atoms with Gasteiger partial charge >= 0.3 is 0 Å². The van der Waals surface area contributed by atoms with Gasteiger partial charge in [0.25, 0.3) is 0 Å². The molecule has 0 bridgehead atoms. The Morgan fingerprint density at radius 1 is 1.39 bits per heavy atom. The Bertz CT molecular complexity index is 661. The first-order valence-corrected chi connectivity index (χ1v) is 7.93. The van der Waals surface area contributed by atoms with Gasteiger partial charge in [0.05, 0.1) is 5.92 Å². The molecule has 1 amide bonds. The fourth-order valence-electron chi connectivity index (χ4n) is 2.80. The molecule has 3 rings (SSSR count). The molecule has 1 fully saturated rings. The first-order chi connectivity index (χ1) is 11.2. The molecule has 6 heteroatoms. The number of anilines is 1.